The molecule has 1 unspecified atom stereocenters. The minimum absolute atomic E-state index is 0.174. The molecule has 1 aromatic rings. The summed E-state index contributed by atoms with van der Waals surface area (Å²) < 4.78 is 0. The van der Waals surface area contributed by atoms with Gasteiger partial charge in [-0.2, -0.15) is 0 Å². The number of nitrogens with zero attached hydrogens (tertiary/aromatic N) is 1. The number of aromatic nitrogens is 1. The molecule has 1 atom stereocenters. The van der Waals surface area contributed by atoms with E-state index in [1.54, 1.807) is 18.3 Å². The van der Waals surface area contributed by atoms with Gasteiger partial charge in [0.1, 0.15) is 0 Å². The number of carbonyl (C=O) groups is 1. The molecule has 2 rings (SSSR count). The number of hydrogen-bond donors (Lipinski definition) is 3. The number of aliphatic hydroxyl groups excluding tert-OH is 1. The van der Waals surface area contributed by atoms with Gasteiger partial charge in [-0.15, -0.1) is 11.3 Å². The molecule has 0 saturated heterocycles. The van der Waals surface area contributed by atoms with Crippen molar-refractivity contribution in [1.82, 2.24) is 15.6 Å². The first-order chi connectivity index (χ1) is 9.65. The number of fused-ring (bicyclic) bond motifs is 1. The van der Waals surface area contributed by atoms with Gasteiger partial charge in [0.25, 0.3) is 0 Å². The summed E-state index contributed by atoms with van der Waals surface area (Å²) in [6, 6.07) is -0.174. The summed E-state index contributed by atoms with van der Waals surface area (Å²) in [6.45, 7) is 2.81. The maximum atomic E-state index is 11.5. The summed E-state index contributed by atoms with van der Waals surface area (Å²) in [5.74, 6) is 0. The smallest absolute Gasteiger partial charge is 0.314 e. The van der Waals surface area contributed by atoms with Crippen LogP contribution in [0.15, 0.2) is 0 Å². The van der Waals surface area contributed by atoms with Crippen molar-refractivity contribution in [2.24, 2.45) is 0 Å². The van der Waals surface area contributed by atoms with E-state index in [-0.39, 0.29) is 12.1 Å². The third-order valence-electron chi connectivity index (χ3n) is 3.36. The molecule has 0 aromatic carbocycles. The van der Waals surface area contributed by atoms with Crippen LogP contribution in [0.4, 0.5) is 4.79 Å². The molecular weight excluding hydrogens is 274 g/mol. The van der Waals surface area contributed by atoms with Crippen molar-refractivity contribution >= 4 is 17.4 Å². The largest absolute Gasteiger partial charge is 0.393 e. The maximum Gasteiger partial charge on any atom is 0.314 e. The molecule has 0 saturated carbocycles. The number of aryl methyl sites for hydroxylation is 2. The van der Waals surface area contributed by atoms with Gasteiger partial charge in [-0.05, 0) is 39.0 Å². The topological polar surface area (TPSA) is 74.2 Å². The van der Waals surface area contributed by atoms with Crippen molar-refractivity contribution < 1.29 is 9.90 Å². The highest BCUT2D eigenvalue weighted by molar-refractivity contribution is 7.11. The lowest BCUT2D eigenvalue weighted by atomic mass is 10.0. The zero-order chi connectivity index (χ0) is 14.4. The number of carbonyl (C=O) groups excluding carboxylic acids is 1. The molecule has 2 amide bonds. The van der Waals surface area contributed by atoms with Gasteiger partial charge in [-0.25, -0.2) is 9.78 Å². The number of rotatable bonds is 6. The molecule has 1 aromatic heterocycles. The Morgan fingerprint density at radius 2 is 2.10 bits per heavy atom. The van der Waals surface area contributed by atoms with E-state index in [1.165, 1.54) is 29.8 Å². The van der Waals surface area contributed by atoms with Crippen LogP contribution in [-0.4, -0.2) is 35.3 Å². The second kappa shape index (κ2) is 7.59. The molecule has 0 bridgehead atoms. The average Bonchev–Trinajstić information content (AvgIpc) is 2.80. The molecule has 5 nitrogen and oxygen atoms in total. The molecule has 1 aliphatic rings. The van der Waals surface area contributed by atoms with E-state index in [0.29, 0.717) is 19.5 Å². The van der Waals surface area contributed by atoms with Crippen LogP contribution in [0, 0.1) is 0 Å². The van der Waals surface area contributed by atoms with Crippen LogP contribution in [-0.2, 0) is 19.3 Å². The zero-order valence-electron chi connectivity index (χ0n) is 11.9. The molecule has 1 heterocycles. The van der Waals surface area contributed by atoms with Gasteiger partial charge < -0.3 is 15.7 Å². The number of thiazole rings is 1. The summed E-state index contributed by atoms with van der Waals surface area (Å²) in [5.41, 5.74) is 1.28. The van der Waals surface area contributed by atoms with E-state index in [2.05, 4.69) is 15.6 Å². The van der Waals surface area contributed by atoms with Crippen LogP contribution in [0.5, 0.6) is 0 Å². The third-order valence-corrected chi connectivity index (χ3v) is 4.58. The summed E-state index contributed by atoms with van der Waals surface area (Å²) in [7, 11) is 0. The van der Waals surface area contributed by atoms with Gasteiger partial charge in [-0.3, -0.25) is 0 Å². The van der Waals surface area contributed by atoms with Crippen LogP contribution in [0.3, 0.4) is 0 Å². The predicted molar refractivity (Wildman–Crippen MR) is 80.2 cm³/mol. The zero-order valence-corrected chi connectivity index (χ0v) is 12.8. The Kier molecular flexibility index (Phi) is 5.79. The summed E-state index contributed by atoms with van der Waals surface area (Å²) >= 11 is 1.79. The van der Waals surface area contributed by atoms with Crippen molar-refractivity contribution in [3.63, 3.8) is 0 Å². The van der Waals surface area contributed by atoms with Gasteiger partial charge in [0.05, 0.1) is 16.8 Å². The first-order valence-corrected chi connectivity index (χ1v) is 8.14. The lowest BCUT2D eigenvalue weighted by molar-refractivity contribution is 0.183. The molecule has 0 spiro atoms. The first-order valence-electron chi connectivity index (χ1n) is 7.32. The quantitative estimate of drug-likeness (QED) is 0.747. The fourth-order valence-corrected chi connectivity index (χ4v) is 3.41. The minimum atomic E-state index is -0.378. The van der Waals surface area contributed by atoms with E-state index in [0.717, 1.165) is 17.8 Å². The number of nitrogens with one attached hydrogen (secondary N) is 2. The Labute approximate surface area is 123 Å². The first kappa shape index (κ1) is 15.3. The van der Waals surface area contributed by atoms with Gasteiger partial charge in [-0.1, -0.05) is 0 Å². The monoisotopic (exact) mass is 297 g/mol. The van der Waals surface area contributed by atoms with Gasteiger partial charge in [0.2, 0.25) is 0 Å². The highest BCUT2D eigenvalue weighted by Gasteiger charge is 2.14. The predicted octanol–water partition coefficient (Wildman–Crippen LogP) is 1.63. The Morgan fingerprint density at radius 1 is 1.35 bits per heavy atom. The SMILES string of the molecule is CC(O)CCNC(=O)NCCc1nc2c(s1)CCCC2. The highest BCUT2D eigenvalue weighted by Crippen LogP contribution is 2.26. The van der Waals surface area contributed by atoms with Crippen LogP contribution >= 0.6 is 11.3 Å². The van der Waals surface area contributed by atoms with Crippen LogP contribution in [0.2, 0.25) is 0 Å². The maximum absolute atomic E-state index is 11.5. The molecule has 0 fully saturated rings. The van der Waals surface area contributed by atoms with Crippen molar-refractivity contribution in [2.75, 3.05) is 13.1 Å². The molecular formula is C14H23N3O2S. The Balaban J connectivity index is 1.65. The summed E-state index contributed by atoms with van der Waals surface area (Å²) in [6.07, 6.45) is 5.79. The third kappa shape index (κ3) is 4.76. The summed E-state index contributed by atoms with van der Waals surface area (Å²) in [5, 5.41) is 15.8. The Hall–Kier alpha value is -1.14. The van der Waals surface area contributed by atoms with Gasteiger partial charge >= 0.3 is 6.03 Å². The fraction of sp³-hybridized carbons (Fsp3) is 0.714. The van der Waals surface area contributed by atoms with Crippen molar-refractivity contribution in [1.29, 1.82) is 0 Å². The lowest BCUT2D eigenvalue weighted by Crippen LogP contribution is -2.37. The molecule has 0 aliphatic heterocycles. The normalized spacial score (nSPS) is 15.5. The molecule has 6 heteroatoms. The molecule has 112 valence electrons. The van der Waals surface area contributed by atoms with Crippen LogP contribution in [0.25, 0.3) is 0 Å². The molecule has 1 aliphatic carbocycles. The van der Waals surface area contributed by atoms with Crippen molar-refractivity contribution in [3.05, 3.63) is 15.6 Å². The second-order valence-corrected chi connectivity index (χ2v) is 6.42. The molecule has 3 N–H and O–H groups in total. The van der Waals surface area contributed by atoms with E-state index < -0.39 is 0 Å². The average molecular weight is 297 g/mol. The van der Waals surface area contributed by atoms with Gasteiger partial charge in [0.15, 0.2) is 0 Å². The highest BCUT2D eigenvalue weighted by atomic mass is 32.1. The lowest BCUT2D eigenvalue weighted by Gasteiger charge is -2.07. The van der Waals surface area contributed by atoms with E-state index in [1.807, 2.05) is 0 Å². The van der Waals surface area contributed by atoms with Crippen LogP contribution in [0.1, 0.15) is 41.8 Å². The molecule has 0 radical (unpaired) electrons. The van der Waals surface area contributed by atoms with E-state index >= 15 is 0 Å². The van der Waals surface area contributed by atoms with Gasteiger partial charge in [0, 0.05) is 24.4 Å². The summed E-state index contributed by atoms with van der Waals surface area (Å²) in [4.78, 5) is 17.6. The van der Waals surface area contributed by atoms with Crippen LogP contribution < -0.4 is 10.6 Å². The Bertz CT molecular complexity index is 422. The van der Waals surface area contributed by atoms with E-state index in [9.17, 15) is 4.79 Å². The second-order valence-electron chi connectivity index (χ2n) is 5.25. The molecule has 20 heavy (non-hydrogen) atoms. The standard InChI is InChI=1S/C14H23N3O2S/c1-10(18)6-8-15-14(19)16-9-7-13-17-11-4-2-3-5-12(11)20-13/h10,18H,2-9H2,1H3,(H2,15,16,19). The van der Waals surface area contributed by atoms with E-state index in [4.69, 9.17) is 5.11 Å². The number of aliphatic hydroxyl groups is 1. The van der Waals surface area contributed by atoms with Crippen molar-refractivity contribution in [3.8, 4) is 0 Å². The minimum Gasteiger partial charge on any atom is -0.393 e. The van der Waals surface area contributed by atoms with Crippen molar-refractivity contribution in [2.45, 2.75) is 51.6 Å². The number of urea groups is 1. The number of hydrogen-bond acceptors (Lipinski definition) is 4. The fourth-order valence-electron chi connectivity index (χ4n) is 2.25. The Morgan fingerprint density at radius 3 is 2.85 bits per heavy atom. The number of amides is 2.